The lowest BCUT2D eigenvalue weighted by Crippen LogP contribution is -2.45. The number of carbonyl (C=O) groups is 1. The van der Waals surface area contributed by atoms with Gasteiger partial charge in [0.1, 0.15) is 0 Å². The van der Waals surface area contributed by atoms with Gasteiger partial charge in [0.15, 0.2) is 5.78 Å². The fourth-order valence-corrected chi connectivity index (χ4v) is 2.82. The predicted molar refractivity (Wildman–Crippen MR) is 91.8 cm³/mol. The summed E-state index contributed by atoms with van der Waals surface area (Å²) in [7, 11) is 2.15. The van der Waals surface area contributed by atoms with Gasteiger partial charge < -0.3 is 9.80 Å². The van der Waals surface area contributed by atoms with Crippen LogP contribution in [-0.2, 0) is 0 Å². The van der Waals surface area contributed by atoms with Crippen molar-refractivity contribution in [2.45, 2.75) is 17.3 Å². The molecule has 0 spiro atoms. The number of likely N-dealkylation sites (N-methyl/N-ethyl adjacent to an activating group) is 1. The maximum absolute atomic E-state index is 12.3. The molecule has 1 aromatic carbocycles. The average Bonchev–Trinajstić information content (AvgIpc) is 2.46. The Kier molecular flexibility index (Phi) is 5.99. The average molecular weight is 386 g/mol. The highest BCUT2D eigenvalue weighted by atomic mass is 127. The zero-order valence-electron chi connectivity index (χ0n) is 12.3. The smallest absolute Gasteiger partial charge is 0.164 e. The fraction of sp³-hybridized carbons (Fsp3) is 0.562. The van der Waals surface area contributed by atoms with Crippen molar-refractivity contribution in [3.63, 3.8) is 0 Å². The maximum Gasteiger partial charge on any atom is 0.164 e. The molecule has 20 heavy (non-hydrogen) atoms. The first-order chi connectivity index (χ1) is 9.56. The lowest BCUT2D eigenvalue weighted by molar-refractivity contribution is 0.0942. The quantitative estimate of drug-likeness (QED) is 0.442. The summed E-state index contributed by atoms with van der Waals surface area (Å²) in [6.07, 6.45) is 0.628. The standard InChI is InChI=1S/C16H23IN2O/c1-13(17)14-4-3-5-15(12-14)16(20)6-7-19-10-8-18(2)9-11-19/h3-5,12-13H,6-11H2,1-2H3. The van der Waals surface area contributed by atoms with Crippen LogP contribution in [0, 0.1) is 0 Å². The monoisotopic (exact) mass is 386 g/mol. The molecule has 4 heteroatoms. The van der Waals surface area contributed by atoms with E-state index in [1.54, 1.807) is 0 Å². The zero-order valence-corrected chi connectivity index (χ0v) is 14.5. The Morgan fingerprint density at radius 3 is 2.65 bits per heavy atom. The molecule has 2 rings (SSSR count). The summed E-state index contributed by atoms with van der Waals surface area (Å²) in [4.78, 5) is 17.0. The van der Waals surface area contributed by atoms with Gasteiger partial charge >= 0.3 is 0 Å². The van der Waals surface area contributed by atoms with Crippen LogP contribution in [-0.4, -0.2) is 55.4 Å². The molecule has 1 aromatic rings. The topological polar surface area (TPSA) is 23.6 Å². The van der Waals surface area contributed by atoms with Gasteiger partial charge in [0.05, 0.1) is 0 Å². The normalized spacial score (nSPS) is 18.9. The van der Waals surface area contributed by atoms with Crippen LogP contribution >= 0.6 is 22.6 Å². The molecule has 0 radical (unpaired) electrons. The SMILES string of the molecule is CC(I)c1cccc(C(=O)CCN2CCN(C)CC2)c1. The number of halogens is 1. The van der Waals surface area contributed by atoms with Crippen LogP contribution in [0.3, 0.4) is 0 Å². The van der Waals surface area contributed by atoms with Crippen LogP contribution < -0.4 is 0 Å². The summed E-state index contributed by atoms with van der Waals surface area (Å²) in [5.74, 6) is 0.267. The molecule has 3 nitrogen and oxygen atoms in total. The molecule has 110 valence electrons. The molecule has 1 aliphatic heterocycles. The molecule has 1 saturated heterocycles. The molecule has 0 aromatic heterocycles. The van der Waals surface area contributed by atoms with Gasteiger partial charge in [-0.1, -0.05) is 40.8 Å². The lowest BCUT2D eigenvalue weighted by Gasteiger charge is -2.32. The minimum absolute atomic E-state index is 0.267. The van der Waals surface area contributed by atoms with E-state index in [1.807, 2.05) is 18.2 Å². The Balaban J connectivity index is 1.87. The summed E-state index contributed by atoms with van der Waals surface area (Å²) < 4.78 is 0.443. The predicted octanol–water partition coefficient (Wildman–Crippen LogP) is 3.00. The first-order valence-corrected chi connectivity index (χ1v) is 8.49. The summed E-state index contributed by atoms with van der Waals surface area (Å²) in [6, 6.07) is 8.07. The van der Waals surface area contributed by atoms with Crippen molar-refractivity contribution < 1.29 is 4.79 Å². The number of rotatable bonds is 5. The van der Waals surface area contributed by atoms with Crippen molar-refractivity contribution in [3.8, 4) is 0 Å². The van der Waals surface area contributed by atoms with E-state index >= 15 is 0 Å². The molecular weight excluding hydrogens is 363 g/mol. The molecule has 0 bridgehead atoms. The molecule has 1 fully saturated rings. The third kappa shape index (κ3) is 4.53. The highest BCUT2D eigenvalue weighted by Gasteiger charge is 2.15. The molecule has 1 heterocycles. The molecule has 0 N–H and O–H groups in total. The number of hydrogen-bond acceptors (Lipinski definition) is 3. The molecule has 0 aliphatic carbocycles. The van der Waals surface area contributed by atoms with E-state index in [9.17, 15) is 4.79 Å². The Hall–Kier alpha value is -0.460. The number of carbonyl (C=O) groups excluding carboxylic acids is 1. The largest absolute Gasteiger partial charge is 0.304 e. The molecule has 1 atom stereocenters. The Labute approximate surface area is 135 Å². The van der Waals surface area contributed by atoms with Crippen LogP contribution in [0.2, 0.25) is 0 Å². The van der Waals surface area contributed by atoms with Gasteiger partial charge in [-0.3, -0.25) is 4.79 Å². The van der Waals surface area contributed by atoms with Crippen LogP contribution in [0.4, 0.5) is 0 Å². The Morgan fingerprint density at radius 1 is 1.30 bits per heavy atom. The van der Waals surface area contributed by atoms with Crippen molar-refractivity contribution in [2.24, 2.45) is 0 Å². The maximum atomic E-state index is 12.3. The second-order valence-corrected chi connectivity index (χ2v) is 7.43. The second-order valence-electron chi connectivity index (χ2n) is 5.56. The summed E-state index contributed by atoms with van der Waals surface area (Å²) >= 11 is 2.38. The van der Waals surface area contributed by atoms with Gasteiger partial charge in [-0.05, 0) is 25.6 Å². The zero-order chi connectivity index (χ0) is 14.5. The molecule has 1 aliphatic rings. The van der Waals surface area contributed by atoms with Gasteiger partial charge in [-0.2, -0.15) is 0 Å². The summed E-state index contributed by atoms with van der Waals surface area (Å²) in [6.45, 7) is 7.40. The number of piperazine rings is 1. The lowest BCUT2D eigenvalue weighted by atomic mass is 10.0. The highest BCUT2D eigenvalue weighted by molar-refractivity contribution is 14.1. The minimum atomic E-state index is 0.267. The molecule has 0 saturated carbocycles. The van der Waals surface area contributed by atoms with Gasteiger partial charge in [0.25, 0.3) is 0 Å². The van der Waals surface area contributed by atoms with Crippen molar-refractivity contribution in [1.29, 1.82) is 0 Å². The van der Waals surface area contributed by atoms with Crippen molar-refractivity contribution in [1.82, 2.24) is 9.80 Å². The molecule has 0 amide bonds. The van der Waals surface area contributed by atoms with Crippen LogP contribution in [0.1, 0.15) is 33.2 Å². The third-order valence-electron chi connectivity index (χ3n) is 3.92. The molecular formula is C16H23IN2O. The number of ketones is 1. The van der Waals surface area contributed by atoms with E-state index in [0.717, 1.165) is 38.3 Å². The van der Waals surface area contributed by atoms with Gasteiger partial charge in [-0.15, -0.1) is 0 Å². The van der Waals surface area contributed by atoms with E-state index in [1.165, 1.54) is 5.56 Å². The van der Waals surface area contributed by atoms with E-state index in [0.29, 0.717) is 10.3 Å². The van der Waals surface area contributed by atoms with Gasteiger partial charge in [0.2, 0.25) is 0 Å². The number of hydrogen-bond donors (Lipinski definition) is 0. The van der Waals surface area contributed by atoms with E-state index in [2.05, 4.69) is 52.4 Å². The summed E-state index contributed by atoms with van der Waals surface area (Å²) in [5.41, 5.74) is 2.09. The minimum Gasteiger partial charge on any atom is -0.304 e. The molecule has 1 unspecified atom stereocenters. The second kappa shape index (κ2) is 7.52. The van der Waals surface area contributed by atoms with E-state index < -0.39 is 0 Å². The number of Topliss-reactive ketones (excluding diaryl/α,β-unsaturated/α-hetero) is 1. The fourth-order valence-electron chi connectivity index (χ4n) is 2.44. The summed E-state index contributed by atoms with van der Waals surface area (Å²) in [5, 5.41) is 0. The number of nitrogens with zero attached hydrogens (tertiary/aromatic N) is 2. The van der Waals surface area contributed by atoms with Crippen molar-refractivity contribution >= 4 is 28.4 Å². The van der Waals surface area contributed by atoms with Crippen LogP contribution in [0.15, 0.2) is 24.3 Å². The Bertz CT molecular complexity index is 454. The van der Waals surface area contributed by atoms with Gasteiger partial charge in [-0.25, -0.2) is 0 Å². The van der Waals surface area contributed by atoms with Gasteiger partial charge in [0, 0.05) is 48.6 Å². The van der Waals surface area contributed by atoms with Crippen LogP contribution in [0.25, 0.3) is 0 Å². The van der Waals surface area contributed by atoms with Crippen molar-refractivity contribution in [2.75, 3.05) is 39.8 Å². The Morgan fingerprint density at radius 2 is 2.00 bits per heavy atom. The van der Waals surface area contributed by atoms with Crippen LogP contribution in [0.5, 0.6) is 0 Å². The first kappa shape index (κ1) is 15.9. The van der Waals surface area contributed by atoms with E-state index in [4.69, 9.17) is 0 Å². The number of alkyl halides is 1. The van der Waals surface area contributed by atoms with Crippen molar-refractivity contribution in [3.05, 3.63) is 35.4 Å². The third-order valence-corrected chi connectivity index (χ3v) is 4.64. The first-order valence-electron chi connectivity index (χ1n) is 7.24. The number of benzene rings is 1. The van der Waals surface area contributed by atoms with E-state index in [-0.39, 0.29) is 5.78 Å². The highest BCUT2D eigenvalue weighted by Crippen LogP contribution is 2.23.